The van der Waals surface area contributed by atoms with E-state index in [-0.39, 0.29) is 12.1 Å². The molecule has 1 saturated heterocycles. The van der Waals surface area contributed by atoms with Gasteiger partial charge in [-0.05, 0) is 32.5 Å². The molecule has 25 heavy (non-hydrogen) atoms. The average Bonchev–Trinajstić information content (AvgIpc) is 3.06. The zero-order valence-corrected chi connectivity index (χ0v) is 15.2. The molecule has 1 aliphatic rings. The zero-order valence-electron chi connectivity index (χ0n) is 15.2. The van der Waals surface area contributed by atoms with E-state index in [9.17, 15) is 4.79 Å². The molecule has 0 unspecified atom stereocenters. The van der Waals surface area contributed by atoms with Crippen LogP contribution in [0.3, 0.4) is 0 Å². The summed E-state index contributed by atoms with van der Waals surface area (Å²) in [5.74, 6) is 0.834. The number of nitrogens with zero attached hydrogens (tertiary/aromatic N) is 4. The minimum atomic E-state index is -0.256. The first-order chi connectivity index (χ1) is 12.1. The highest BCUT2D eigenvalue weighted by Crippen LogP contribution is 2.21. The topological polar surface area (TPSA) is 53.4 Å². The minimum Gasteiger partial charge on any atom is -0.336 e. The summed E-state index contributed by atoms with van der Waals surface area (Å²) in [6.07, 6.45) is 5.84. The van der Waals surface area contributed by atoms with Gasteiger partial charge in [0.2, 0.25) is 0 Å². The molecular weight excluding hydrogens is 314 g/mol. The van der Waals surface area contributed by atoms with Crippen LogP contribution in [-0.2, 0) is 7.05 Å². The zero-order chi connectivity index (χ0) is 17.8. The Morgan fingerprint density at radius 2 is 2.08 bits per heavy atom. The van der Waals surface area contributed by atoms with Crippen molar-refractivity contribution in [1.29, 1.82) is 0 Å². The molecule has 1 N–H and O–H groups in total. The Bertz CT molecular complexity index is 697. The number of likely N-dealkylation sites (N-methyl/N-ethyl adjacent to an activating group) is 1. The molecule has 1 aliphatic heterocycles. The third-order valence-electron chi connectivity index (χ3n) is 4.93. The Kier molecular flexibility index (Phi) is 5.38. The maximum atomic E-state index is 12.9. The lowest BCUT2D eigenvalue weighted by Crippen LogP contribution is -2.51. The van der Waals surface area contributed by atoms with Crippen LogP contribution in [0, 0.1) is 0 Å². The number of imidazole rings is 1. The second kappa shape index (κ2) is 7.70. The number of hydrogen-bond donors (Lipinski definition) is 1. The molecule has 6 heteroatoms. The monoisotopic (exact) mass is 341 g/mol. The molecule has 0 saturated carbocycles. The first-order valence-corrected chi connectivity index (χ1v) is 8.80. The van der Waals surface area contributed by atoms with Crippen molar-refractivity contribution in [2.75, 3.05) is 27.2 Å². The van der Waals surface area contributed by atoms with Gasteiger partial charge in [0, 0.05) is 38.6 Å². The van der Waals surface area contributed by atoms with Crippen LogP contribution in [0.1, 0.15) is 30.3 Å². The second-order valence-electron chi connectivity index (χ2n) is 6.90. The molecule has 0 bridgehead atoms. The summed E-state index contributed by atoms with van der Waals surface area (Å²) in [6, 6.07) is 10.1. The van der Waals surface area contributed by atoms with E-state index >= 15 is 0 Å². The van der Waals surface area contributed by atoms with Gasteiger partial charge in [-0.2, -0.15) is 0 Å². The van der Waals surface area contributed by atoms with E-state index < -0.39 is 0 Å². The van der Waals surface area contributed by atoms with Gasteiger partial charge in [-0.1, -0.05) is 30.3 Å². The number of nitrogens with one attached hydrogen (secondary N) is 1. The van der Waals surface area contributed by atoms with Crippen LogP contribution in [-0.4, -0.2) is 58.6 Å². The lowest BCUT2D eigenvalue weighted by molar-refractivity contribution is 0.138. The van der Waals surface area contributed by atoms with Crippen LogP contribution in [0.2, 0.25) is 0 Å². The van der Waals surface area contributed by atoms with Crippen molar-refractivity contribution in [1.82, 2.24) is 24.7 Å². The predicted octanol–water partition coefficient (Wildman–Crippen LogP) is 2.25. The maximum Gasteiger partial charge on any atom is 0.318 e. The summed E-state index contributed by atoms with van der Waals surface area (Å²) in [7, 11) is 6.10. The fourth-order valence-corrected chi connectivity index (χ4v) is 3.37. The lowest BCUT2D eigenvalue weighted by atomic mass is 10.0. The number of benzene rings is 1. The van der Waals surface area contributed by atoms with E-state index in [1.165, 1.54) is 0 Å². The van der Waals surface area contributed by atoms with Crippen molar-refractivity contribution in [2.24, 2.45) is 7.05 Å². The lowest BCUT2D eigenvalue weighted by Gasteiger charge is -2.36. The molecule has 0 spiro atoms. The van der Waals surface area contributed by atoms with E-state index in [1.807, 2.05) is 53.0 Å². The maximum absolute atomic E-state index is 12.9. The SMILES string of the molecule is CN(C)[C@H]1CCCN(C(=O)N[C@@H](c2ccccc2)c2nccn2C)C1. The summed E-state index contributed by atoms with van der Waals surface area (Å²) < 4.78 is 1.96. The molecule has 0 radical (unpaired) electrons. The Hall–Kier alpha value is -2.34. The number of piperidine rings is 1. The molecule has 2 amide bonds. The first-order valence-electron chi connectivity index (χ1n) is 8.80. The standard InChI is InChI=1S/C19H27N5O/c1-22(2)16-10-7-12-24(14-16)19(25)21-17(15-8-5-4-6-9-15)18-20-11-13-23(18)3/h4-6,8-9,11,13,16-17H,7,10,12,14H2,1-3H3,(H,21,25)/t16-,17-/m0/s1. The van der Waals surface area contributed by atoms with Crippen molar-refractivity contribution < 1.29 is 4.79 Å². The highest BCUT2D eigenvalue weighted by atomic mass is 16.2. The summed E-state index contributed by atoms with van der Waals surface area (Å²) in [5, 5.41) is 3.19. The third-order valence-corrected chi connectivity index (χ3v) is 4.93. The van der Waals surface area contributed by atoms with Crippen LogP contribution in [0.25, 0.3) is 0 Å². The average molecular weight is 341 g/mol. The van der Waals surface area contributed by atoms with Crippen molar-refractivity contribution in [3.63, 3.8) is 0 Å². The van der Waals surface area contributed by atoms with Gasteiger partial charge in [-0.25, -0.2) is 9.78 Å². The number of likely N-dealkylation sites (tertiary alicyclic amines) is 1. The van der Waals surface area contributed by atoms with E-state index in [0.29, 0.717) is 6.04 Å². The summed E-state index contributed by atoms with van der Waals surface area (Å²) in [5.41, 5.74) is 1.03. The van der Waals surface area contributed by atoms with Crippen molar-refractivity contribution in [2.45, 2.75) is 24.9 Å². The van der Waals surface area contributed by atoms with Gasteiger partial charge < -0.3 is 19.7 Å². The second-order valence-corrected chi connectivity index (χ2v) is 6.90. The minimum absolute atomic E-state index is 0.0246. The number of carbonyl (C=O) groups is 1. The van der Waals surface area contributed by atoms with Gasteiger partial charge in [0.15, 0.2) is 0 Å². The number of hydrogen-bond acceptors (Lipinski definition) is 3. The van der Waals surface area contributed by atoms with E-state index in [0.717, 1.165) is 37.3 Å². The molecule has 1 aromatic carbocycles. The highest BCUT2D eigenvalue weighted by molar-refractivity contribution is 5.75. The van der Waals surface area contributed by atoms with Gasteiger partial charge in [0.05, 0.1) is 0 Å². The number of urea groups is 1. The Labute approximate surface area is 149 Å². The predicted molar refractivity (Wildman–Crippen MR) is 98.3 cm³/mol. The third kappa shape index (κ3) is 4.02. The Balaban J connectivity index is 1.79. The highest BCUT2D eigenvalue weighted by Gasteiger charge is 2.28. The molecule has 2 atom stereocenters. The van der Waals surface area contributed by atoms with E-state index in [2.05, 4.69) is 29.3 Å². The van der Waals surface area contributed by atoms with Crippen LogP contribution >= 0.6 is 0 Å². The molecule has 6 nitrogen and oxygen atoms in total. The molecule has 2 aromatic rings. The smallest absolute Gasteiger partial charge is 0.318 e. The van der Waals surface area contributed by atoms with Gasteiger partial charge in [-0.15, -0.1) is 0 Å². The molecule has 1 fully saturated rings. The molecule has 3 rings (SSSR count). The van der Waals surface area contributed by atoms with Crippen molar-refractivity contribution >= 4 is 6.03 Å². The number of amides is 2. The van der Waals surface area contributed by atoms with E-state index in [4.69, 9.17) is 0 Å². The largest absolute Gasteiger partial charge is 0.336 e. The number of aromatic nitrogens is 2. The fraction of sp³-hybridized carbons (Fsp3) is 0.474. The number of carbonyl (C=O) groups excluding carboxylic acids is 1. The fourth-order valence-electron chi connectivity index (χ4n) is 3.37. The number of aryl methyl sites for hydroxylation is 1. The van der Waals surface area contributed by atoms with Crippen molar-refractivity contribution in [3.8, 4) is 0 Å². The first kappa shape index (κ1) is 17.5. The number of rotatable bonds is 4. The van der Waals surface area contributed by atoms with Gasteiger partial charge in [0.1, 0.15) is 11.9 Å². The summed E-state index contributed by atoms with van der Waals surface area (Å²) in [4.78, 5) is 21.5. The molecule has 2 heterocycles. The summed E-state index contributed by atoms with van der Waals surface area (Å²) >= 11 is 0. The molecule has 0 aliphatic carbocycles. The Morgan fingerprint density at radius 3 is 2.72 bits per heavy atom. The van der Waals surface area contributed by atoms with Crippen molar-refractivity contribution in [3.05, 3.63) is 54.1 Å². The Morgan fingerprint density at radius 1 is 1.32 bits per heavy atom. The molecule has 134 valence electrons. The van der Waals surface area contributed by atoms with Crippen LogP contribution in [0.4, 0.5) is 4.79 Å². The van der Waals surface area contributed by atoms with Gasteiger partial charge >= 0.3 is 6.03 Å². The quantitative estimate of drug-likeness (QED) is 0.928. The molecule has 1 aromatic heterocycles. The van der Waals surface area contributed by atoms with E-state index in [1.54, 1.807) is 6.20 Å². The molecular formula is C19H27N5O. The van der Waals surface area contributed by atoms with Gasteiger partial charge in [-0.3, -0.25) is 0 Å². The van der Waals surface area contributed by atoms with Crippen LogP contribution in [0.15, 0.2) is 42.7 Å². The van der Waals surface area contributed by atoms with Crippen LogP contribution < -0.4 is 5.32 Å². The van der Waals surface area contributed by atoms with Crippen LogP contribution in [0.5, 0.6) is 0 Å². The van der Waals surface area contributed by atoms with Gasteiger partial charge in [0.25, 0.3) is 0 Å². The summed E-state index contributed by atoms with van der Waals surface area (Å²) in [6.45, 7) is 1.57. The normalized spacial score (nSPS) is 19.0.